The molecule has 21 heavy (non-hydrogen) atoms. The second-order valence-corrected chi connectivity index (χ2v) is 6.30. The lowest BCUT2D eigenvalue weighted by Crippen LogP contribution is -2.27. The Balaban J connectivity index is 1.95. The highest BCUT2D eigenvalue weighted by molar-refractivity contribution is 7.88. The van der Waals surface area contributed by atoms with Gasteiger partial charge in [0.05, 0.1) is 17.4 Å². The molecule has 0 aliphatic heterocycles. The monoisotopic (exact) mass is 301 g/mol. The smallest absolute Gasteiger partial charge is 0.215 e. The van der Waals surface area contributed by atoms with Gasteiger partial charge >= 0.3 is 0 Å². The van der Waals surface area contributed by atoms with Gasteiger partial charge in [0.25, 0.3) is 0 Å². The van der Waals surface area contributed by atoms with Crippen molar-refractivity contribution in [3.8, 4) is 6.07 Å². The van der Waals surface area contributed by atoms with Gasteiger partial charge in [-0.2, -0.15) is 5.26 Å². The third-order valence-electron chi connectivity index (χ3n) is 2.91. The van der Waals surface area contributed by atoms with Crippen LogP contribution in [0.25, 0.3) is 0 Å². The molecule has 0 fully saturated rings. The number of hydrogen-bond acceptors (Lipinski definition) is 4. The lowest BCUT2D eigenvalue weighted by molar-refractivity contribution is 0.580. The van der Waals surface area contributed by atoms with Crippen molar-refractivity contribution in [1.29, 1.82) is 5.26 Å². The first-order chi connectivity index (χ1) is 10.1. The second-order valence-electron chi connectivity index (χ2n) is 4.49. The van der Waals surface area contributed by atoms with E-state index in [-0.39, 0.29) is 12.3 Å². The fraction of sp³-hybridized carbons (Fsp3) is 0.200. The number of hydrogen-bond donors (Lipinski definition) is 1. The summed E-state index contributed by atoms with van der Waals surface area (Å²) in [6, 6.07) is 14.2. The van der Waals surface area contributed by atoms with Crippen molar-refractivity contribution >= 4 is 10.0 Å². The molecule has 2 rings (SSSR count). The van der Waals surface area contributed by atoms with Gasteiger partial charge < -0.3 is 0 Å². The number of nitrogens with one attached hydrogen (secondary N) is 1. The number of rotatable bonds is 6. The van der Waals surface area contributed by atoms with Crippen LogP contribution in [0.2, 0.25) is 0 Å². The Morgan fingerprint density at radius 3 is 2.62 bits per heavy atom. The van der Waals surface area contributed by atoms with Crippen molar-refractivity contribution in [2.75, 3.05) is 6.54 Å². The van der Waals surface area contributed by atoms with Crippen LogP contribution in [0.4, 0.5) is 0 Å². The average molecular weight is 301 g/mol. The van der Waals surface area contributed by atoms with E-state index in [1.807, 2.05) is 24.3 Å². The minimum absolute atomic E-state index is 0.195. The molecule has 1 aromatic carbocycles. The third kappa shape index (κ3) is 4.67. The summed E-state index contributed by atoms with van der Waals surface area (Å²) in [4.78, 5) is 4.13. The Hall–Kier alpha value is -2.23. The quantitative estimate of drug-likeness (QED) is 0.878. The minimum Gasteiger partial charge on any atom is -0.261 e. The topological polar surface area (TPSA) is 82.8 Å². The first kappa shape index (κ1) is 15.2. The molecular weight excluding hydrogens is 286 g/mol. The van der Waals surface area contributed by atoms with E-state index < -0.39 is 10.0 Å². The SMILES string of the molecule is N#Cc1ccccc1CS(=O)(=O)NCCc1ccccn1. The van der Waals surface area contributed by atoms with E-state index in [4.69, 9.17) is 5.26 Å². The molecule has 108 valence electrons. The van der Waals surface area contributed by atoms with Gasteiger partial charge in [-0.25, -0.2) is 13.1 Å². The van der Waals surface area contributed by atoms with Crippen molar-refractivity contribution in [3.63, 3.8) is 0 Å². The molecule has 0 amide bonds. The molecule has 0 aliphatic rings. The first-order valence-electron chi connectivity index (χ1n) is 6.46. The molecule has 0 atom stereocenters. The van der Waals surface area contributed by atoms with Gasteiger partial charge in [0.1, 0.15) is 0 Å². The van der Waals surface area contributed by atoms with Crippen LogP contribution in [-0.2, 0) is 22.2 Å². The first-order valence-corrected chi connectivity index (χ1v) is 8.11. The fourth-order valence-corrected chi connectivity index (χ4v) is 3.07. The predicted molar refractivity (Wildman–Crippen MR) is 79.7 cm³/mol. The molecule has 0 saturated heterocycles. The van der Waals surface area contributed by atoms with Crippen molar-refractivity contribution in [1.82, 2.24) is 9.71 Å². The van der Waals surface area contributed by atoms with Crippen LogP contribution in [0, 0.1) is 11.3 Å². The van der Waals surface area contributed by atoms with Gasteiger partial charge in [-0.15, -0.1) is 0 Å². The summed E-state index contributed by atoms with van der Waals surface area (Å²) in [5, 5.41) is 8.97. The molecule has 0 radical (unpaired) electrons. The summed E-state index contributed by atoms with van der Waals surface area (Å²) in [6.45, 7) is 0.286. The Morgan fingerprint density at radius 1 is 1.14 bits per heavy atom. The number of nitriles is 1. The molecule has 0 saturated carbocycles. The molecule has 1 N–H and O–H groups in total. The van der Waals surface area contributed by atoms with E-state index in [1.54, 1.807) is 30.5 Å². The Labute approximate surface area is 124 Å². The van der Waals surface area contributed by atoms with Crippen molar-refractivity contribution in [2.24, 2.45) is 0 Å². The Morgan fingerprint density at radius 2 is 1.90 bits per heavy atom. The zero-order valence-corrected chi connectivity index (χ0v) is 12.2. The van der Waals surface area contributed by atoms with Gasteiger partial charge in [0.15, 0.2) is 0 Å². The van der Waals surface area contributed by atoms with Crippen molar-refractivity contribution < 1.29 is 8.42 Å². The summed E-state index contributed by atoms with van der Waals surface area (Å²) in [5.41, 5.74) is 1.72. The van der Waals surface area contributed by atoms with Crippen LogP contribution >= 0.6 is 0 Å². The zero-order chi connectivity index (χ0) is 15.1. The molecule has 0 bridgehead atoms. The summed E-state index contributed by atoms with van der Waals surface area (Å²) in [5.74, 6) is -0.195. The number of aromatic nitrogens is 1. The van der Waals surface area contributed by atoms with Gasteiger partial charge in [0, 0.05) is 24.9 Å². The zero-order valence-electron chi connectivity index (χ0n) is 11.4. The predicted octanol–water partition coefficient (Wildman–Crippen LogP) is 1.62. The Kier molecular flexibility index (Phi) is 5.04. The maximum Gasteiger partial charge on any atom is 0.215 e. The molecule has 0 aliphatic carbocycles. The maximum atomic E-state index is 12.0. The second kappa shape index (κ2) is 6.97. The lowest BCUT2D eigenvalue weighted by Gasteiger charge is -2.07. The highest BCUT2D eigenvalue weighted by atomic mass is 32.2. The summed E-state index contributed by atoms with van der Waals surface area (Å²) in [7, 11) is -3.47. The standard InChI is InChI=1S/C15H15N3O2S/c16-11-13-5-1-2-6-14(13)12-21(19,20)18-10-8-15-7-3-4-9-17-15/h1-7,9,18H,8,10,12H2. The minimum atomic E-state index is -3.47. The maximum absolute atomic E-state index is 12.0. The molecule has 5 nitrogen and oxygen atoms in total. The molecule has 1 aromatic heterocycles. The lowest BCUT2D eigenvalue weighted by atomic mass is 10.1. The molecular formula is C15H15N3O2S. The molecule has 0 spiro atoms. The number of pyridine rings is 1. The summed E-state index contributed by atoms with van der Waals surface area (Å²) in [6.07, 6.45) is 2.20. The normalized spacial score (nSPS) is 11.0. The summed E-state index contributed by atoms with van der Waals surface area (Å²) < 4.78 is 26.6. The highest BCUT2D eigenvalue weighted by Gasteiger charge is 2.13. The fourth-order valence-electron chi connectivity index (χ4n) is 1.89. The van der Waals surface area contributed by atoms with E-state index in [0.29, 0.717) is 17.5 Å². The van der Waals surface area contributed by atoms with Gasteiger partial charge in [0.2, 0.25) is 10.0 Å². The molecule has 0 unspecified atom stereocenters. The van der Waals surface area contributed by atoms with E-state index in [9.17, 15) is 8.42 Å². The van der Waals surface area contributed by atoms with Crippen LogP contribution in [0.3, 0.4) is 0 Å². The number of nitrogens with zero attached hydrogens (tertiary/aromatic N) is 2. The molecule has 2 aromatic rings. The van der Waals surface area contributed by atoms with Gasteiger partial charge in [-0.1, -0.05) is 24.3 Å². The van der Waals surface area contributed by atoms with Gasteiger partial charge in [-0.05, 0) is 23.8 Å². The van der Waals surface area contributed by atoms with Gasteiger partial charge in [-0.3, -0.25) is 4.98 Å². The number of benzene rings is 1. The van der Waals surface area contributed by atoms with E-state index in [1.165, 1.54) is 0 Å². The van der Waals surface area contributed by atoms with Crippen molar-refractivity contribution in [3.05, 3.63) is 65.5 Å². The largest absolute Gasteiger partial charge is 0.261 e. The van der Waals surface area contributed by atoms with Crippen LogP contribution in [0.15, 0.2) is 48.7 Å². The van der Waals surface area contributed by atoms with Crippen LogP contribution in [0.1, 0.15) is 16.8 Å². The molecule has 6 heteroatoms. The third-order valence-corrected chi connectivity index (χ3v) is 4.25. The highest BCUT2D eigenvalue weighted by Crippen LogP contribution is 2.10. The average Bonchev–Trinajstić information content (AvgIpc) is 2.48. The van der Waals surface area contributed by atoms with E-state index in [2.05, 4.69) is 9.71 Å². The molecule has 1 heterocycles. The van der Waals surface area contributed by atoms with Crippen LogP contribution < -0.4 is 4.72 Å². The number of sulfonamides is 1. The summed E-state index contributed by atoms with van der Waals surface area (Å²) >= 11 is 0. The van der Waals surface area contributed by atoms with E-state index in [0.717, 1.165) is 5.69 Å². The Bertz CT molecular complexity index is 737. The van der Waals surface area contributed by atoms with Crippen LogP contribution in [0.5, 0.6) is 0 Å². The van der Waals surface area contributed by atoms with E-state index >= 15 is 0 Å². The van der Waals surface area contributed by atoms with Crippen LogP contribution in [-0.4, -0.2) is 19.9 Å². The van der Waals surface area contributed by atoms with Crippen molar-refractivity contribution in [2.45, 2.75) is 12.2 Å².